The number of halogens is 2. The van der Waals surface area contributed by atoms with Gasteiger partial charge in [-0.1, -0.05) is 29.8 Å². The minimum atomic E-state index is -0.243. The molecule has 2 aromatic carbocycles. The molecule has 0 fully saturated rings. The smallest absolute Gasteiger partial charge is 0.238 e. The molecule has 0 aliphatic carbocycles. The van der Waals surface area contributed by atoms with Gasteiger partial charge in [-0.2, -0.15) is 0 Å². The molecule has 0 spiro atoms. The fourth-order valence-corrected chi connectivity index (χ4v) is 2.20. The van der Waals surface area contributed by atoms with Crippen LogP contribution in [0.3, 0.4) is 0 Å². The fourth-order valence-electron chi connectivity index (χ4n) is 2.02. The van der Waals surface area contributed by atoms with Gasteiger partial charge in [0.25, 0.3) is 0 Å². The van der Waals surface area contributed by atoms with E-state index in [4.69, 9.17) is 11.6 Å². The molecule has 0 radical (unpaired) electrons. The van der Waals surface area contributed by atoms with Crippen LogP contribution in [-0.2, 0) is 11.2 Å². The predicted octanol–water partition coefficient (Wildman–Crippen LogP) is 3.56. The minimum Gasteiger partial charge on any atom is -0.325 e. The van der Waals surface area contributed by atoms with Crippen molar-refractivity contribution < 1.29 is 9.18 Å². The SMILES string of the molecule is Cc1c(Cl)cccc1NC(=O)CNCCc1ccc(F)cc1. The van der Waals surface area contributed by atoms with Gasteiger partial charge in [0.05, 0.1) is 6.54 Å². The Kier molecular flexibility index (Phi) is 5.92. The summed E-state index contributed by atoms with van der Waals surface area (Å²) in [6.45, 7) is 2.72. The first-order valence-corrected chi connectivity index (χ1v) is 7.44. The van der Waals surface area contributed by atoms with Crippen LogP contribution < -0.4 is 10.6 Å². The highest BCUT2D eigenvalue weighted by Gasteiger charge is 2.06. The van der Waals surface area contributed by atoms with Gasteiger partial charge in [-0.3, -0.25) is 4.79 Å². The molecule has 2 N–H and O–H groups in total. The third-order valence-electron chi connectivity index (χ3n) is 3.33. The molecule has 0 bridgehead atoms. The van der Waals surface area contributed by atoms with E-state index in [-0.39, 0.29) is 18.3 Å². The van der Waals surface area contributed by atoms with E-state index in [1.807, 2.05) is 13.0 Å². The fraction of sp³-hybridized carbons (Fsp3) is 0.235. The Balaban J connectivity index is 1.74. The van der Waals surface area contributed by atoms with E-state index in [1.165, 1.54) is 12.1 Å². The summed E-state index contributed by atoms with van der Waals surface area (Å²) >= 11 is 6.01. The summed E-state index contributed by atoms with van der Waals surface area (Å²) < 4.78 is 12.8. The maximum Gasteiger partial charge on any atom is 0.238 e. The van der Waals surface area contributed by atoms with Gasteiger partial charge in [-0.05, 0) is 55.3 Å². The summed E-state index contributed by atoms with van der Waals surface area (Å²) in [7, 11) is 0. The van der Waals surface area contributed by atoms with Crippen molar-refractivity contribution in [3.63, 3.8) is 0 Å². The van der Waals surface area contributed by atoms with E-state index in [0.29, 0.717) is 11.6 Å². The van der Waals surface area contributed by atoms with Crippen molar-refractivity contribution in [1.82, 2.24) is 5.32 Å². The molecule has 0 unspecified atom stereocenters. The van der Waals surface area contributed by atoms with Gasteiger partial charge in [0.15, 0.2) is 0 Å². The number of carbonyl (C=O) groups excluding carboxylic acids is 1. The number of anilines is 1. The van der Waals surface area contributed by atoms with E-state index in [1.54, 1.807) is 24.3 Å². The third-order valence-corrected chi connectivity index (χ3v) is 3.74. The van der Waals surface area contributed by atoms with Gasteiger partial charge >= 0.3 is 0 Å². The molecule has 0 aliphatic rings. The molecular weight excluding hydrogens is 303 g/mol. The quantitative estimate of drug-likeness (QED) is 0.799. The molecule has 2 rings (SSSR count). The average Bonchev–Trinajstić information content (AvgIpc) is 2.50. The monoisotopic (exact) mass is 320 g/mol. The Hall–Kier alpha value is -1.91. The van der Waals surface area contributed by atoms with Crippen molar-refractivity contribution in [2.45, 2.75) is 13.3 Å². The maximum atomic E-state index is 12.8. The number of hydrogen-bond acceptors (Lipinski definition) is 2. The highest BCUT2D eigenvalue weighted by atomic mass is 35.5. The third kappa shape index (κ3) is 4.83. The second-order valence-corrected chi connectivity index (χ2v) is 5.42. The normalized spacial score (nSPS) is 10.5. The summed E-state index contributed by atoms with van der Waals surface area (Å²) in [5.74, 6) is -0.363. The lowest BCUT2D eigenvalue weighted by molar-refractivity contribution is -0.115. The molecule has 22 heavy (non-hydrogen) atoms. The van der Waals surface area contributed by atoms with Crippen LogP contribution in [-0.4, -0.2) is 19.0 Å². The second kappa shape index (κ2) is 7.92. The van der Waals surface area contributed by atoms with Crippen LogP contribution in [0.2, 0.25) is 5.02 Å². The Bertz CT molecular complexity index is 644. The van der Waals surface area contributed by atoms with E-state index in [9.17, 15) is 9.18 Å². The lowest BCUT2D eigenvalue weighted by atomic mass is 10.1. The molecule has 0 saturated heterocycles. The highest BCUT2D eigenvalue weighted by Crippen LogP contribution is 2.22. The van der Waals surface area contributed by atoms with E-state index >= 15 is 0 Å². The molecule has 0 aliphatic heterocycles. The van der Waals surface area contributed by atoms with Gasteiger partial charge in [0.1, 0.15) is 5.82 Å². The van der Waals surface area contributed by atoms with Crippen LogP contribution in [0.4, 0.5) is 10.1 Å². The summed E-state index contributed by atoms with van der Waals surface area (Å²) in [6.07, 6.45) is 0.740. The molecule has 0 heterocycles. The molecule has 5 heteroatoms. The highest BCUT2D eigenvalue weighted by molar-refractivity contribution is 6.31. The number of rotatable bonds is 6. The second-order valence-electron chi connectivity index (χ2n) is 5.01. The summed E-state index contributed by atoms with van der Waals surface area (Å²) in [5, 5.41) is 6.51. The van der Waals surface area contributed by atoms with Crippen molar-refractivity contribution >= 4 is 23.2 Å². The van der Waals surface area contributed by atoms with E-state index < -0.39 is 0 Å². The molecular formula is C17H18ClFN2O. The van der Waals surface area contributed by atoms with Crippen LogP contribution in [0.1, 0.15) is 11.1 Å². The Labute approximate surface area is 134 Å². The first kappa shape index (κ1) is 16.5. The summed E-state index contributed by atoms with van der Waals surface area (Å²) in [4.78, 5) is 11.9. The van der Waals surface area contributed by atoms with Gasteiger partial charge in [0.2, 0.25) is 5.91 Å². The zero-order chi connectivity index (χ0) is 15.9. The zero-order valence-electron chi connectivity index (χ0n) is 12.3. The molecule has 0 atom stereocenters. The zero-order valence-corrected chi connectivity index (χ0v) is 13.1. The Morgan fingerprint density at radius 3 is 2.64 bits per heavy atom. The van der Waals surface area contributed by atoms with Crippen molar-refractivity contribution in [1.29, 1.82) is 0 Å². The Morgan fingerprint density at radius 2 is 1.91 bits per heavy atom. The van der Waals surface area contributed by atoms with Crippen molar-refractivity contribution in [2.75, 3.05) is 18.4 Å². The van der Waals surface area contributed by atoms with Crippen molar-refractivity contribution in [3.05, 3.63) is 64.4 Å². The maximum absolute atomic E-state index is 12.8. The molecule has 3 nitrogen and oxygen atoms in total. The van der Waals surface area contributed by atoms with Gasteiger partial charge in [-0.25, -0.2) is 4.39 Å². The van der Waals surface area contributed by atoms with Crippen molar-refractivity contribution in [2.24, 2.45) is 0 Å². The first-order chi connectivity index (χ1) is 10.6. The molecule has 2 aromatic rings. The van der Waals surface area contributed by atoms with Crippen molar-refractivity contribution in [3.8, 4) is 0 Å². The summed E-state index contributed by atoms with van der Waals surface area (Å²) in [5.41, 5.74) is 2.60. The van der Waals surface area contributed by atoms with Gasteiger partial charge in [0, 0.05) is 10.7 Å². The van der Waals surface area contributed by atoms with Gasteiger partial charge < -0.3 is 10.6 Å². The minimum absolute atomic E-state index is 0.121. The standard InChI is InChI=1S/C17H18ClFN2O/c1-12-15(18)3-2-4-16(12)21-17(22)11-20-10-9-13-5-7-14(19)8-6-13/h2-8,20H,9-11H2,1H3,(H,21,22). The largest absolute Gasteiger partial charge is 0.325 e. The topological polar surface area (TPSA) is 41.1 Å². The predicted molar refractivity (Wildman–Crippen MR) is 87.8 cm³/mol. The lowest BCUT2D eigenvalue weighted by Crippen LogP contribution is -2.29. The number of carbonyl (C=O) groups is 1. The first-order valence-electron chi connectivity index (χ1n) is 7.06. The van der Waals surface area contributed by atoms with Gasteiger partial charge in [-0.15, -0.1) is 0 Å². The van der Waals surface area contributed by atoms with Crippen LogP contribution >= 0.6 is 11.6 Å². The Morgan fingerprint density at radius 1 is 1.18 bits per heavy atom. The lowest BCUT2D eigenvalue weighted by Gasteiger charge is -2.10. The van der Waals surface area contributed by atoms with Crippen LogP contribution in [0.15, 0.2) is 42.5 Å². The van der Waals surface area contributed by atoms with E-state index in [0.717, 1.165) is 23.2 Å². The number of nitrogens with one attached hydrogen (secondary N) is 2. The van der Waals surface area contributed by atoms with Crippen LogP contribution in [0.5, 0.6) is 0 Å². The molecule has 1 amide bonds. The average molecular weight is 321 g/mol. The van der Waals surface area contributed by atoms with Crippen LogP contribution in [0.25, 0.3) is 0 Å². The number of benzene rings is 2. The number of amides is 1. The summed E-state index contributed by atoms with van der Waals surface area (Å²) in [6, 6.07) is 11.8. The number of hydrogen-bond donors (Lipinski definition) is 2. The van der Waals surface area contributed by atoms with E-state index in [2.05, 4.69) is 10.6 Å². The molecule has 0 aromatic heterocycles. The molecule has 116 valence electrons. The molecule has 0 saturated carbocycles. The van der Waals surface area contributed by atoms with Crippen LogP contribution in [0, 0.1) is 12.7 Å².